The average molecular weight is 325 g/mol. The number of carbonyl (C=O) groups is 1. The maximum Gasteiger partial charge on any atom is 0.416 e. The molecule has 1 heterocycles. The van der Waals surface area contributed by atoms with Gasteiger partial charge in [0, 0.05) is 12.1 Å². The van der Waals surface area contributed by atoms with E-state index >= 15 is 0 Å². The lowest BCUT2D eigenvalue weighted by Gasteiger charge is -2.25. The van der Waals surface area contributed by atoms with Crippen molar-refractivity contribution in [3.8, 4) is 0 Å². The van der Waals surface area contributed by atoms with Crippen LogP contribution < -0.4 is 0 Å². The summed E-state index contributed by atoms with van der Waals surface area (Å²) >= 11 is 0. The first kappa shape index (κ1) is 16.1. The molecule has 2 unspecified atom stereocenters. The van der Waals surface area contributed by atoms with Gasteiger partial charge in [-0.2, -0.15) is 13.2 Å². The maximum atomic E-state index is 12.7. The van der Waals surface area contributed by atoms with Crippen LogP contribution >= 0.6 is 0 Å². The number of nitrogens with zero attached hydrogens (tertiary/aromatic N) is 1. The fourth-order valence-corrected chi connectivity index (χ4v) is 3.30. The second kappa shape index (κ2) is 6.00. The molecule has 23 heavy (non-hydrogen) atoms. The van der Waals surface area contributed by atoms with E-state index in [9.17, 15) is 23.1 Å². The van der Waals surface area contributed by atoms with Crippen molar-refractivity contribution in [1.82, 2.24) is 4.90 Å². The smallest absolute Gasteiger partial charge is 0.391 e. The Kier molecular flexibility index (Phi) is 4.19. The number of benzene rings is 1. The SMILES string of the molecule is O=C(C1=CCCC1)N1CC(O)CC1c1ccc(C(F)(F)F)cc1. The van der Waals surface area contributed by atoms with Gasteiger partial charge in [0.2, 0.25) is 5.91 Å². The molecule has 0 saturated carbocycles. The molecule has 1 aliphatic carbocycles. The summed E-state index contributed by atoms with van der Waals surface area (Å²) in [5, 5.41) is 9.91. The molecule has 1 aromatic rings. The Morgan fingerprint density at radius 1 is 1.22 bits per heavy atom. The fourth-order valence-electron chi connectivity index (χ4n) is 3.30. The number of β-amino-alcohol motifs (C(OH)–C–C–N with tert-alkyl or cyclic N) is 1. The Balaban J connectivity index is 1.83. The van der Waals surface area contributed by atoms with Crippen molar-refractivity contribution in [2.45, 2.75) is 44.0 Å². The Morgan fingerprint density at radius 2 is 1.91 bits per heavy atom. The van der Waals surface area contributed by atoms with Gasteiger partial charge < -0.3 is 10.0 Å². The first-order chi connectivity index (χ1) is 10.9. The van der Waals surface area contributed by atoms with Crippen LogP contribution in [0, 0.1) is 0 Å². The standard InChI is InChI=1S/C17H18F3NO2/c18-17(19,20)13-7-5-11(6-8-13)15-9-14(22)10-21(15)16(23)12-3-1-2-4-12/h3,5-8,14-15,22H,1-2,4,9-10H2. The van der Waals surface area contributed by atoms with Crippen molar-refractivity contribution in [1.29, 1.82) is 0 Å². The molecular formula is C17H18F3NO2. The first-order valence-electron chi connectivity index (χ1n) is 7.71. The van der Waals surface area contributed by atoms with Crippen LogP contribution in [0.3, 0.4) is 0 Å². The van der Waals surface area contributed by atoms with Crippen LogP contribution in [0.5, 0.6) is 0 Å². The zero-order chi connectivity index (χ0) is 16.6. The molecule has 6 heteroatoms. The van der Waals surface area contributed by atoms with Crippen molar-refractivity contribution in [2.75, 3.05) is 6.54 Å². The summed E-state index contributed by atoms with van der Waals surface area (Å²) in [4.78, 5) is 14.2. The van der Waals surface area contributed by atoms with Gasteiger partial charge in [-0.05, 0) is 43.4 Å². The van der Waals surface area contributed by atoms with E-state index in [-0.39, 0.29) is 18.5 Å². The van der Waals surface area contributed by atoms with E-state index < -0.39 is 17.8 Å². The van der Waals surface area contributed by atoms with E-state index in [0.717, 1.165) is 37.0 Å². The highest BCUT2D eigenvalue weighted by Gasteiger charge is 2.37. The molecule has 124 valence electrons. The molecule has 1 saturated heterocycles. The molecule has 3 nitrogen and oxygen atoms in total. The molecule has 1 N–H and O–H groups in total. The summed E-state index contributed by atoms with van der Waals surface area (Å²) in [7, 11) is 0. The van der Waals surface area contributed by atoms with Gasteiger partial charge in [-0.3, -0.25) is 4.79 Å². The number of allylic oxidation sites excluding steroid dienone is 1. The van der Waals surface area contributed by atoms with Crippen LogP contribution in [0.2, 0.25) is 0 Å². The minimum Gasteiger partial charge on any atom is -0.391 e. The zero-order valence-corrected chi connectivity index (χ0v) is 12.5. The highest BCUT2D eigenvalue weighted by atomic mass is 19.4. The lowest BCUT2D eigenvalue weighted by Crippen LogP contribution is -2.32. The number of rotatable bonds is 2. The van der Waals surface area contributed by atoms with Crippen LogP contribution in [0.15, 0.2) is 35.9 Å². The Labute approximate surface area is 132 Å². The van der Waals surface area contributed by atoms with Crippen LogP contribution in [-0.4, -0.2) is 28.6 Å². The molecule has 0 radical (unpaired) electrons. The first-order valence-corrected chi connectivity index (χ1v) is 7.71. The van der Waals surface area contributed by atoms with Gasteiger partial charge in [-0.1, -0.05) is 18.2 Å². The number of amides is 1. The molecule has 2 aliphatic rings. The minimum absolute atomic E-state index is 0.107. The number of halogens is 3. The van der Waals surface area contributed by atoms with Crippen LogP contribution in [0.1, 0.15) is 42.9 Å². The molecule has 0 spiro atoms. The van der Waals surface area contributed by atoms with E-state index in [0.29, 0.717) is 12.0 Å². The molecule has 0 aromatic heterocycles. The number of likely N-dealkylation sites (tertiary alicyclic amines) is 1. The molecule has 1 aliphatic heterocycles. The van der Waals surface area contributed by atoms with Gasteiger partial charge >= 0.3 is 6.18 Å². The minimum atomic E-state index is -4.38. The summed E-state index contributed by atoms with van der Waals surface area (Å²) in [5.74, 6) is -0.107. The predicted octanol–water partition coefficient (Wildman–Crippen LogP) is 3.45. The third kappa shape index (κ3) is 3.27. The lowest BCUT2D eigenvalue weighted by atomic mass is 10.0. The lowest BCUT2D eigenvalue weighted by molar-refractivity contribution is -0.137. The van der Waals surface area contributed by atoms with Crippen molar-refractivity contribution < 1.29 is 23.1 Å². The molecule has 1 aromatic carbocycles. The van der Waals surface area contributed by atoms with Crippen LogP contribution in [0.25, 0.3) is 0 Å². The highest BCUT2D eigenvalue weighted by molar-refractivity contribution is 5.94. The predicted molar refractivity (Wildman–Crippen MR) is 78.5 cm³/mol. The van der Waals surface area contributed by atoms with Gasteiger partial charge in [0.15, 0.2) is 0 Å². The number of aliphatic hydroxyl groups is 1. The largest absolute Gasteiger partial charge is 0.416 e. The molecule has 2 atom stereocenters. The van der Waals surface area contributed by atoms with E-state index in [2.05, 4.69) is 0 Å². The Hall–Kier alpha value is -1.82. The van der Waals surface area contributed by atoms with E-state index in [1.54, 1.807) is 4.90 Å². The van der Waals surface area contributed by atoms with Gasteiger partial charge in [-0.15, -0.1) is 0 Å². The monoisotopic (exact) mass is 325 g/mol. The molecule has 1 fully saturated rings. The summed E-state index contributed by atoms with van der Waals surface area (Å²) in [5.41, 5.74) is 0.661. The van der Waals surface area contributed by atoms with Crippen LogP contribution in [-0.2, 0) is 11.0 Å². The topological polar surface area (TPSA) is 40.5 Å². The summed E-state index contributed by atoms with van der Waals surface area (Å²) in [6.07, 6.45) is -0.206. The third-order valence-electron chi connectivity index (χ3n) is 4.48. The van der Waals surface area contributed by atoms with Gasteiger partial charge in [0.25, 0.3) is 0 Å². The fraction of sp³-hybridized carbons (Fsp3) is 0.471. The quantitative estimate of drug-likeness (QED) is 0.905. The average Bonchev–Trinajstić information content (AvgIpc) is 3.15. The van der Waals surface area contributed by atoms with Gasteiger partial charge in [-0.25, -0.2) is 0 Å². The number of aliphatic hydroxyl groups excluding tert-OH is 1. The van der Waals surface area contributed by atoms with Crippen molar-refractivity contribution >= 4 is 5.91 Å². The normalized spacial score (nSPS) is 24.9. The third-order valence-corrected chi connectivity index (χ3v) is 4.48. The van der Waals surface area contributed by atoms with Crippen LogP contribution in [0.4, 0.5) is 13.2 Å². The van der Waals surface area contributed by atoms with Gasteiger partial charge in [0.05, 0.1) is 17.7 Å². The number of alkyl halides is 3. The van der Waals surface area contributed by atoms with E-state index in [4.69, 9.17) is 0 Å². The molecule has 3 rings (SSSR count). The maximum absolute atomic E-state index is 12.7. The molecule has 0 bridgehead atoms. The van der Waals surface area contributed by atoms with Gasteiger partial charge in [0.1, 0.15) is 0 Å². The number of hydrogen-bond donors (Lipinski definition) is 1. The van der Waals surface area contributed by atoms with Crippen molar-refractivity contribution in [2.24, 2.45) is 0 Å². The second-order valence-electron chi connectivity index (χ2n) is 6.10. The Bertz CT molecular complexity index is 622. The molecule has 1 amide bonds. The number of hydrogen-bond acceptors (Lipinski definition) is 2. The summed E-state index contributed by atoms with van der Waals surface area (Å²) in [6, 6.07) is 4.47. The summed E-state index contributed by atoms with van der Waals surface area (Å²) < 4.78 is 38.0. The van der Waals surface area contributed by atoms with E-state index in [1.165, 1.54) is 12.1 Å². The Morgan fingerprint density at radius 3 is 2.48 bits per heavy atom. The summed E-state index contributed by atoms with van der Waals surface area (Å²) in [6.45, 7) is 0.224. The number of carbonyl (C=O) groups excluding carboxylic acids is 1. The van der Waals surface area contributed by atoms with Crippen molar-refractivity contribution in [3.63, 3.8) is 0 Å². The zero-order valence-electron chi connectivity index (χ0n) is 12.5. The highest BCUT2D eigenvalue weighted by Crippen LogP contribution is 2.36. The van der Waals surface area contributed by atoms with E-state index in [1.807, 2.05) is 6.08 Å². The van der Waals surface area contributed by atoms with Crippen molar-refractivity contribution in [3.05, 3.63) is 47.0 Å². The molecular weight excluding hydrogens is 307 g/mol. The second-order valence-corrected chi connectivity index (χ2v) is 6.10.